The molecule has 0 N–H and O–H groups in total. The average Bonchev–Trinajstić information content (AvgIpc) is 2.09. The summed E-state index contributed by atoms with van der Waals surface area (Å²) < 4.78 is 50.5. The summed E-state index contributed by atoms with van der Waals surface area (Å²) in [5.74, 6) is 0. The van der Waals surface area contributed by atoms with E-state index < -0.39 is 37.0 Å². The van der Waals surface area contributed by atoms with E-state index in [4.69, 9.17) is 9.60 Å². The SMILES string of the molecule is [2H]C1=C([2H])C([2H])C([2H])([2H])C([2H])=C1[2H]. The molecule has 0 amide bonds. The third-order valence-electron chi connectivity index (χ3n) is 0.414. The van der Waals surface area contributed by atoms with E-state index >= 15 is 0 Å². The van der Waals surface area contributed by atoms with Gasteiger partial charge in [-0.2, -0.15) is 0 Å². The van der Waals surface area contributed by atoms with Crippen LogP contribution < -0.4 is 0 Å². The van der Waals surface area contributed by atoms with Crippen molar-refractivity contribution in [3.8, 4) is 0 Å². The second-order valence-corrected chi connectivity index (χ2v) is 0.808. The fourth-order valence-electron chi connectivity index (χ4n) is 0.212. The van der Waals surface area contributed by atoms with Crippen LogP contribution in [-0.4, -0.2) is 0 Å². The monoisotopic (exact) mass is 87.1 g/mol. The third kappa shape index (κ3) is 0.713. The molecule has 0 bridgehead atoms. The molecule has 0 saturated carbocycles. The topological polar surface area (TPSA) is 0 Å². The van der Waals surface area contributed by atoms with Crippen LogP contribution in [0.25, 0.3) is 0 Å². The zero-order chi connectivity index (χ0) is 10.4. The molecule has 0 aromatic heterocycles. The molecule has 1 rings (SSSR count). The maximum Gasteiger partial charge on any atom is 0.0619 e. The van der Waals surface area contributed by atoms with Crippen molar-refractivity contribution in [2.24, 2.45) is 0 Å². The lowest BCUT2D eigenvalue weighted by atomic mass is 10.2. The second-order valence-electron chi connectivity index (χ2n) is 0.808. The Hall–Kier alpha value is -0.520. The van der Waals surface area contributed by atoms with Crippen molar-refractivity contribution in [2.75, 3.05) is 0 Å². The van der Waals surface area contributed by atoms with Gasteiger partial charge in [-0.3, -0.25) is 0 Å². The van der Waals surface area contributed by atoms with Crippen molar-refractivity contribution in [1.29, 1.82) is 0 Å². The molecule has 1 aliphatic carbocycles. The molecule has 0 aromatic rings. The lowest BCUT2D eigenvalue weighted by Crippen LogP contribution is -1.67. The summed E-state index contributed by atoms with van der Waals surface area (Å²) in [7, 11) is 0. The largest absolute Gasteiger partial charge is 0.0842 e. The van der Waals surface area contributed by atoms with Gasteiger partial charge in [0.05, 0.1) is 5.48 Å². The highest BCUT2D eigenvalue weighted by molar-refractivity contribution is 5.07. The van der Waals surface area contributed by atoms with Crippen molar-refractivity contribution in [1.82, 2.24) is 0 Å². The second kappa shape index (κ2) is 1.81. The van der Waals surface area contributed by atoms with E-state index in [-0.39, 0.29) is 0 Å². The van der Waals surface area contributed by atoms with Crippen LogP contribution in [0.5, 0.6) is 0 Å². The predicted molar refractivity (Wildman–Crippen MR) is 27.5 cm³/mol. The zero-order valence-corrected chi connectivity index (χ0v) is 3.08. The summed E-state index contributed by atoms with van der Waals surface area (Å²) >= 11 is 0. The molecule has 1 unspecified atom stereocenters. The lowest BCUT2D eigenvalue weighted by Gasteiger charge is -1.88. The summed E-state index contributed by atoms with van der Waals surface area (Å²) in [4.78, 5) is 0. The van der Waals surface area contributed by atoms with E-state index in [0.29, 0.717) is 0 Å². The van der Waals surface area contributed by atoms with Crippen LogP contribution in [0.2, 0.25) is 0 Å². The van der Waals surface area contributed by atoms with Crippen molar-refractivity contribution in [3.05, 3.63) is 24.2 Å². The fraction of sp³-hybridized carbons (Fsp3) is 0.333. The first kappa shape index (κ1) is 0.706. The van der Waals surface area contributed by atoms with E-state index in [1.54, 1.807) is 0 Å². The van der Waals surface area contributed by atoms with Gasteiger partial charge in [-0.15, -0.1) is 0 Å². The molecule has 0 aliphatic heterocycles. The van der Waals surface area contributed by atoms with Gasteiger partial charge < -0.3 is 0 Å². The molecule has 0 spiro atoms. The Kier molecular flexibility index (Phi) is 0.213. The highest BCUT2D eigenvalue weighted by Gasteiger charge is 1.77. The first-order valence-corrected chi connectivity index (χ1v) is 1.58. The molecule has 1 aliphatic rings. The Morgan fingerprint density at radius 3 is 3.33 bits per heavy atom. The average molecular weight is 87.2 g/mol. The van der Waals surface area contributed by atoms with E-state index in [2.05, 4.69) is 0 Å². The molecule has 0 fully saturated rings. The van der Waals surface area contributed by atoms with E-state index in [0.717, 1.165) is 0 Å². The van der Waals surface area contributed by atoms with Crippen molar-refractivity contribution >= 4 is 0 Å². The summed E-state index contributed by atoms with van der Waals surface area (Å²) in [6.45, 7) is 0. The van der Waals surface area contributed by atoms with Gasteiger partial charge in [-0.25, -0.2) is 0 Å². The number of hydrogen-bond acceptors (Lipinski definition) is 0. The van der Waals surface area contributed by atoms with Crippen LogP contribution in [-0.2, 0) is 0 Å². The minimum atomic E-state index is -2.32. The van der Waals surface area contributed by atoms with Crippen LogP contribution in [0.4, 0.5) is 0 Å². The molecule has 32 valence electrons. The highest BCUT2D eigenvalue weighted by Crippen LogP contribution is 1.98. The molecule has 0 aromatic carbocycles. The minimum Gasteiger partial charge on any atom is -0.0842 e. The Labute approximate surface area is 48.0 Å². The number of hydrogen-bond donors (Lipinski definition) is 0. The molecule has 0 nitrogen and oxygen atoms in total. The van der Waals surface area contributed by atoms with Crippen LogP contribution in [0.3, 0.4) is 0 Å². The standard InChI is InChI=1S/C6H8/c1-2-4-6-5-3-1/h1-4H,5-6H2/i1D,2D,3D,4D,5D,6D2. The molecular formula is C6H8. The molecule has 0 saturated heterocycles. The minimum absolute atomic E-state index is 0.528. The number of allylic oxidation sites excluding steroid dienone is 4. The lowest BCUT2D eigenvalue weighted by molar-refractivity contribution is 1.04. The van der Waals surface area contributed by atoms with Gasteiger partial charge in [0.2, 0.25) is 0 Å². The molecule has 0 heterocycles. The van der Waals surface area contributed by atoms with E-state index in [9.17, 15) is 0 Å². The fourth-order valence-corrected chi connectivity index (χ4v) is 0.212. The van der Waals surface area contributed by atoms with Crippen LogP contribution in [0.1, 0.15) is 22.4 Å². The Balaban J connectivity index is 3.32. The zero-order valence-electron chi connectivity index (χ0n) is 10.1. The normalized spacial score (nSPS) is 62.7. The molecule has 6 heavy (non-hydrogen) atoms. The smallest absolute Gasteiger partial charge is 0.0619 e. The van der Waals surface area contributed by atoms with Gasteiger partial charge in [0.15, 0.2) is 0 Å². The quantitative estimate of drug-likeness (QED) is 0.423. The summed E-state index contributed by atoms with van der Waals surface area (Å²) in [6.07, 6.45) is -3.89. The molecule has 0 heteroatoms. The Morgan fingerprint density at radius 2 is 2.33 bits per heavy atom. The Morgan fingerprint density at radius 1 is 1.50 bits per heavy atom. The van der Waals surface area contributed by atoms with Crippen LogP contribution >= 0.6 is 0 Å². The van der Waals surface area contributed by atoms with Gasteiger partial charge in [-0.1, -0.05) is 24.2 Å². The molecule has 1 atom stereocenters. The van der Waals surface area contributed by atoms with Gasteiger partial charge in [0.1, 0.15) is 0 Å². The Bertz CT molecular complexity index is 300. The summed E-state index contributed by atoms with van der Waals surface area (Å²) in [5, 5.41) is 0. The van der Waals surface area contributed by atoms with Crippen molar-refractivity contribution in [3.63, 3.8) is 0 Å². The van der Waals surface area contributed by atoms with Crippen LogP contribution in [0.15, 0.2) is 24.2 Å². The van der Waals surface area contributed by atoms with E-state index in [1.165, 1.54) is 0 Å². The maximum atomic E-state index is 7.27. The van der Waals surface area contributed by atoms with E-state index in [1.807, 2.05) is 0 Å². The van der Waals surface area contributed by atoms with Crippen LogP contribution in [0, 0.1) is 0 Å². The highest BCUT2D eigenvalue weighted by atomic mass is 13.8. The van der Waals surface area contributed by atoms with Gasteiger partial charge in [0, 0.05) is 4.11 Å². The number of rotatable bonds is 0. The third-order valence-corrected chi connectivity index (χ3v) is 0.414. The summed E-state index contributed by atoms with van der Waals surface area (Å²) in [6, 6.07) is -2.35. The van der Waals surface area contributed by atoms with Crippen molar-refractivity contribution in [2.45, 2.75) is 12.8 Å². The predicted octanol–water partition coefficient (Wildman–Crippen LogP) is 1.89. The summed E-state index contributed by atoms with van der Waals surface area (Å²) in [5.41, 5.74) is 0. The maximum absolute atomic E-state index is 7.27. The van der Waals surface area contributed by atoms with Gasteiger partial charge in [0.25, 0.3) is 0 Å². The first-order valence-electron chi connectivity index (χ1n) is 5.15. The van der Waals surface area contributed by atoms with Crippen molar-refractivity contribution < 1.29 is 9.60 Å². The first-order chi connectivity index (χ1) is 5.80. The molecule has 0 radical (unpaired) electrons. The molecular weight excluding hydrogens is 72.1 g/mol. The van der Waals surface area contributed by atoms with Gasteiger partial charge in [-0.05, 0) is 12.8 Å². The van der Waals surface area contributed by atoms with Gasteiger partial charge >= 0.3 is 0 Å².